The Morgan fingerprint density at radius 3 is 2.75 bits per heavy atom. The maximum Gasteiger partial charge on any atom is 0.260 e. The smallest absolute Gasteiger partial charge is 0.235 e. The summed E-state index contributed by atoms with van der Waals surface area (Å²) < 4.78 is 27.4. The van der Waals surface area contributed by atoms with Crippen molar-refractivity contribution >= 4 is 26.0 Å². The molecule has 0 fully saturated rings. The fraction of sp³-hybridized carbons (Fsp3) is 0.500. The normalized spacial score (nSPS) is 10.9. The van der Waals surface area contributed by atoms with Crippen LogP contribution in [0.25, 0.3) is 0 Å². The zero-order chi connectivity index (χ0) is 12.2. The maximum atomic E-state index is 11.8. The van der Waals surface area contributed by atoms with E-state index in [1.54, 1.807) is 6.92 Å². The molecule has 0 unspecified atom stereocenters. The van der Waals surface area contributed by atoms with Crippen molar-refractivity contribution in [2.45, 2.75) is 18.4 Å². The van der Waals surface area contributed by atoms with Crippen LogP contribution in [0.4, 0.5) is 0 Å². The molecule has 1 rings (SSSR count). The molecular weight excluding hydrogens is 296 g/mol. The van der Waals surface area contributed by atoms with E-state index in [9.17, 15) is 8.42 Å². The highest BCUT2D eigenvalue weighted by atomic mass is 79.9. The van der Waals surface area contributed by atoms with Crippen LogP contribution in [-0.4, -0.2) is 30.0 Å². The van der Waals surface area contributed by atoms with E-state index in [4.69, 9.17) is 0 Å². The second kappa shape index (κ2) is 5.43. The first kappa shape index (κ1) is 13.2. The van der Waals surface area contributed by atoms with Gasteiger partial charge in [0.2, 0.25) is 5.03 Å². The molecule has 6 nitrogen and oxygen atoms in total. The van der Waals surface area contributed by atoms with Gasteiger partial charge < -0.3 is 0 Å². The third kappa shape index (κ3) is 3.04. The molecule has 1 aromatic rings. The van der Waals surface area contributed by atoms with Crippen LogP contribution in [0.2, 0.25) is 0 Å². The lowest BCUT2D eigenvalue weighted by Gasteiger charge is -2.04. The molecule has 0 spiro atoms. The molecule has 0 aliphatic rings. The minimum Gasteiger partial charge on any atom is -0.235 e. The van der Waals surface area contributed by atoms with E-state index in [1.165, 1.54) is 11.7 Å². The average molecular weight is 307 g/mol. The van der Waals surface area contributed by atoms with Crippen molar-refractivity contribution < 1.29 is 8.42 Å². The van der Waals surface area contributed by atoms with Gasteiger partial charge in [0.05, 0.1) is 0 Å². The number of rotatable bonds is 4. The summed E-state index contributed by atoms with van der Waals surface area (Å²) in [7, 11) is -2.07. The van der Waals surface area contributed by atoms with E-state index in [2.05, 4.69) is 42.8 Å². The van der Waals surface area contributed by atoms with Crippen LogP contribution in [0.15, 0.2) is 9.63 Å². The molecule has 0 aliphatic heterocycles. The Hall–Kier alpha value is -0.910. The van der Waals surface area contributed by atoms with Crippen LogP contribution in [-0.2, 0) is 17.1 Å². The third-order valence-corrected chi connectivity index (χ3v) is 4.06. The van der Waals surface area contributed by atoms with Crippen molar-refractivity contribution in [1.82, 2.24) is 19.7 Å². The van der Waals surface area contributed by atoms with Crippen LogP contribution in [0.1, 0.15) is 13.3 Å². The zero-order valence-electron chi connectivity index (χ0n) is 8.86. The van der Waals surface area contributed by atoms with Gasteiger partial charge >= 0.3 is 0 Å². The number of sulfonamides is 1. The lowest BCUT2D eigenvalue weighted by Crippen LogP contribution is -2.26. The number of aryl methyl sites for hydroxylation is 1. The molecule has 0 saturated carbocycles. The first-order valence-electron chi connectivity index (χ1n) is 4.43. The fourth-order valence-corrected chi connectivity index (χ4v) is 3.17. The largest absolute Gasteiger partial charge is 0.260 e. The van der Waals surface area contributed by atoms with Gasteiger partial charge in [0.1, 0.15) is 0 Å². The van der Waals surface area contributed by atoms with Gasteiger partial charge in [0, 0.05) is 20.0 Å². The number of hydrogen-bond acceptors (Lipinski definition) is 4. The van der Waals surface area contributed by atoms with Crippen LogP contribution >= 0.6 is 15.9 Å². The van der Waals surface area contributed by atoms with Gasteiger partial charge in [0.15, 0.2) is 4.60 Å². The Morgan fingerprint density at radius 1 is 1.56 bits per heavy atom. The van der Waals surface area contributed by atoms with E-state index in [0.717, 1.165) is 0 Å². The summed E-state index contributed by atoms with van der Waals surface area (Å²) in [6.07, 6.45) is 0.471. The summed E-state index contributed by atoms with van der Waals surface area (Å²) in [6, 6.07) is 0. The lowest BCUT2D eigenvalue weighted by molar-refractivity contribution is 0.561. The van der Waals surface area contributed by atoms with Crippen molar-refractivity contribution in [1.29, 1.82) is 0 Å². The van der Waals surface area contributed by atoms with Gasteiger partial charge in [0.25, 0.3) is 10.0 Å². The highest BCUT2D eigenvalue weighted by Gasteiger charge is 2.22. The first-order valence-corrected chi connectivity index (χ1v) is 6.71. The van der Waals surface area contributed by atoms with E-state index in [-0.39, 0.29) is 16.2 Å². The summed E-state index contributed by atoms with van der Waals surface area (Å²) in [5.74, 6) is 5.46. The van der Waals surface area contributed by atoms with Gasteiger partial charge in [-0.3, -0.25) is 0 Å². The van der Waals surface area contributed by atoms with Crippen molar-refractivity contribution in [3.63, 3.8) is 0 Å². The van der Waals surface area contributed by atoms with Crippen LogP contribution in [0.3, 0.4) is 0 Å². The highest BCUT2D eigenvalue weighted by Crippen LogP contribution is 2.17. The molecule has 0 atom stereocenters. The van der Waals surface area contributed by atoms with Crippen molar-refractivity contribution in [2.24, 2.45) is 7.05 Å². The molecule has 0 radical (unpaired) electrons. The van der Waals surface area contributed by atoms with Crippen LogP contribution in [0.5, 0.6) is 0 Å². The van der Waals surface area contributed by atoms with Gasteiger partial charge in [-0.2, -0.15) is 0 Å². The second-order valence-electron chi connectivity index (χ2n) is 2.88. The van der Waals surface area contributed by atoms with Gasteiger partial charge in [-0.25, -0.2) is 17.8 Å². The Balaban J connectivity index is 2.81. The fourth-order valence-electron chi connectivity index (χ4n) is 1.05. The van der Waals surface area contributed by atoms with Gasteiger partial charge in [-0.05, 0) is 22.9 Å². The lowest BCUT2D eigenvalue weighted by atomic mass is 10.4. The predicted octanol–water partition coefficient (Wildman–Crippen LogP) is 0.269. The monoisotopic (exact) mass is 306 g/mol. The van der Waals surface area contributed by atoms with Crippen LogP contribution < -0.4 is 4.72 Å². The molecule has 16 heavy (non-hydrogen) atoms. The van der Waals surface area contributed by atoms with Crippen LogP contribution in [0, 0.1) is 11.8 Å². The molecule has 0 saturated heterocycles. The molecule has 88 valence electrons. The van der Waals surface area contributed by atoms with Crippen molar-refractivity contribution in [3.05, 3.63) is 4.60 Å². The molecule has 0 aromatic carbocycles. The maximum absolute atomic E-state index is 11.8. The number of halogens is 1. The van der Waals surface area contributed by atoms with Gasteiger partial charge in [-0.15, -0.1) is 16.9 Å². The predicted molar refractivity (Wildman–Crippen MR) is 62.0 cm³/mol. The topological polar surface area (TPSA) is 76.9 Å². The molecule has 1 aromatic heterocycles. The Morgan fingerprint density at radius 2 is 2.25 bits per heavy atom. The quantitative estimate of drug-likeness (QED) is 0.640. The second-order valence-corrected chi connectivity index (χ2v) is 5.32. The standard InChI is InChI=1S/C8H11BrN4O2S/c1-3-4-5-6-10-16(14,15)8-7(9)11-12-13(8)2/h10H,5-6H2,1-2H3. The van der Waals surface area contributed by atoms with Gasteiger partial charge in [-0.1, -0.05) is 5.21 Å². The number of aromatic nitrogens is 3. The molecule has 1 N–H and O–H groups in total. The third-order valence-electron chi connectivity index (χ3n) is 1.71. The van der Waals surface area contributed by atoms with E-state index in [0.29, 0.717) is 6.42 Å². The summed E-state index contributed by atoms with van der Waals surface area (Å²) in [5.41, 5.74) is 0. The summed E-state index contributed by atoms with van der Waals surface area (Å²) >= 11 is 3.03. The SMILES string of the molecule is CC#CCCNS(=O)(=O)c1c(Br)nnn1C. The minimum absolute atomic E-state index is 0.0111. The Kier molecular flexibility index (Phi) is 4.46. The molecule has 8 heteroatoms. The average Bonchev–Trinajstić information content (AvgIpc) is 2.54. The molecule has 0 aliphatic carbocycles. The summed E-state index contributed by atoms with van der Waals surface area (Å²) in [5, 5.41) is 7.22. The highest BCUT2D eigenvalue weighted by molar-refractivity contribution is 9.10. The molecule has 1 heterocycles. The Bertz CT molecular complexity index is 506. The zero-order valence-corrected chi connectivity index (χ0v) is 11.3. The van der Waals surface area contributed by atoms with E-state index >= 15 is 0 Å². The number of nitrogens with zero attached hydrogens (tertiary/aromatic N) is 3. The van der Waals surface area contributed by atoms with Crippen molar-refractivity contribution in [3.8, 4) is 11.8 Å². The number of hydrogen-bond donors (Lipinski definition) is 1. The Labute approximate surface area is 103 Å². The molecular formula is C8H11BrN4O2S. The number of nitrogens with one attached hydrogen (secondary N) is 1. The van der Waals surface area contributed by atoms with E-state index < -0.39 is 10.0 Å². The first-order chi connectivity index (χ1) is 7.49. The molecule has 0 bridgehead atoms. The summed E-state index contributed by atoms with van der Waals surface area (Å²) in [4.78, 5) is 0. The molecule has 0 amide bonds. The summed E-state index contributed by atoms with van der Waals surface area (Å²) in [6.45, 7) is 1.97. The van der Waals surface area contributed by atoms with E-state index in [1.807, 2.05) is 0 Å². The minimum atomic E-state index is -3.59. The van der Waals surface area contributed by atoms with Crippen molar-refractivity contribution in [2.75, 3.05) is 6.54 Å².